The molecule has 0 amide bonds. The summed E-state index contributed by atoms with van der Waals surface area (Å²) >= 11 is 1.89. The molecule has 10 aromatic rings. The first kappa shape index (κ1) is 26.5. The monoisotopic (exact) mass is 612 g/mol. The quantitative estimate of drug-likeness (QED) is 0.174. The van der Waals surface area contributed by atoms with Gasteiger partial charge in [0.25, 0.3) is 0 Å². The van der Waals surface area contributed by atoms with Crippen LogP contribution in [0.15, 0.2) is 170 Å². The molecule has 0 atom stereocenters. The van der Waals surface area contributed by atoms with Crippen LogP contribution in [-0.2, 0) is 0 Å². The molecule has 9 aromatic carbocycles. The second-order valence-electron chi connectivity index (χ2n) is 12.4. The number of thiophene rings is 1. The molecule has 0 fully saturated rings. The van der Waals surface area contributed by atoms with Crippen LogP contribution in [0, 0.1) is 0 Å². The zero-order valence-electron chi connectivity index (χ0n) is 25.6. The van der Waals surface area contributed by atoms with Crippen molar-refractivity contribution in [2.45, 2.75) is 0 Å². The van der Waals surface area contributed by atoms with Gasteiger partial charge in [0.1, 0.15) is 0 Å². The molecule has 0 saturated heterocycles. The van der Waals surface area contributed by atoms with Gasteiger partial charge in [-0.15, -0.1) is 11.3 Å². The van der Waals surface area contributed by atoms with Gasteiger partial charge in [-0.25, -0.2) is 0 Å². The van der Waals surface area contributed by atoms with Gasteiger partial charge in [-0.2, -0.15) is 0 Å². The average molecular weight is 613 g/mol. The molecule has 0 aliphatic carbocycles. The third-order valence-corrected chi connectivity index (χ3v) is 11.0. The first-order valence-corrected chi connectivity index (χ1v) is 17.0. The molecule has 1 heterocycles. The lowest BCUT2D eigenvalue weighted by Gasteiger charge is -2.20. The summed E-state index contributed by atoms with van der Waals surface area (Å²) in [6.07, 6.45) is 0. The Bertz CT molecular complexity index is 2780. The number of fused-ring (bicyclic) bond motifs is 7. The van der Waals surface area contributed by atoms with Crippen molar-refractivity contribution in [2.24, 2.45) is 0 Å². The molecule has 218 valence electrons. The fourth-order valence-corrected chi connectivity index (χ4v) is 8.98. The van der Waals surface area contributed by atoms with Crippen LogP contribution in [0.25, 0.3) is 96.6 Å². The second kappa shape index (κ2) is 10.4. The van der Waals surface area contributed by atoms with Gasteiger partial charge in [0, 0.05) is 20.2 Å². The van der Waals surface area contributed by atoms with Crippen molar-refractivity contribution in [3.8, 4) is 33.4 Å². The van der Waals surface area contributed by atoms with Gasteiger partial charge in [0.2, 0.25) is 0 Å². The highest BCUT2D eigenvalue weighted by Crippen LogP contribution is 2.48. The Kier molecular flexibility index (Phi) is 5.85. The summed E-state index contributed by atoms with van der Waals surface area (Å²) in [5, 5.41) is 12.9. The Labute approximate surface area is 276 Å². The maximum Gasteiger partial charge on any atom is 0.0362 e. The minimum Gasteiger partial charge on any atom is -0.135 e. The minimum absolute atomic E-state index is 1.25. The highest BCUT2D eigenvalue weighted by molar-refractivity contribution is 7.26. The topological polar surface area (TPSA) is 0 Å². The summed E-state index contributed by atoms with van der Waals surface area (Å²) in [5.41, 5.74) is 7.67. The van der Waals surface area contributed by atoms with E-state index >= 15 is 0 Å². The van der Waals surface area contributed by atoms with Crippen molar-refractivity contribution in [2.75, 3.05) is 0 Å². The summed E-state index contributed by atoms with van der Waals surface area (Å²) < 4.78 is 2.66. The molecule has 1 aromatic heterocycles. The van der Waals surface area contributed by atoms with E-state index in [-0.39, 0.29) is 0 Å². The first-order valence-electron chi connectivity index (χ1n) is 16.2. The maximum atomic E-state index is 2.39. The highest BCUT2D eigenvalue weighted by Gasteiger charge is 2.20. The van der Waals surface area contributed by atoms with Gasteiger partial charge >= 0.3 is 0 Å². The van der Waals surface area contributed by atoms with E-state index < -0.39 is 0 Å². The van der Waals surface area contributed by atoms with Crippen molar-refractivity contribution in [3.05, 3.63) is 170 Å². The van der Waals surface area contributed by atoms with Crippen LogP contribution in [0.3, 0.4) is 0 Å². The van der Waals surface area contributed by atoms with Crippen LogP contribution in [0.5, 0.6) is 0 Å². The SMILES string of the molecule is c1ccc(-c2c3ccccc3c(-c3ccc(-c4cccc5sc6cc7ccccc7cc6c45)c4ccccc34)c3ccccc23)cc1. The van der Waals surface area contributed by atoms with E-state index in [0.717, 1.165) is 0 Å². The van der Waals surface area contributed by atoms with E-state index in [1.165, 1.54) is 96.6 Å². The third kappa shape index (κ3) is 4.00. The zero-order chi connectivity index (χ0) is 30.9. The van der Waals surface area contributed by atoms with Crippen LogP contribution in [-0.4, -0.2) is 0 Å². The minimum atomic E-state index is 1.25. The Morgan fingerprint density at radius 2 is 0.830 bits per heavy atom. The van der Waals surface area contributed by atoms with Crippen LogP contribution in [0.4, 0.5) is 0 Å². The first-order chi connectivity index (χ1) is 23.3. The fourth-order valence-electron chi connectivity index (χ4n) is 7.82. The maximum absolute atomic E-state index is 2.39. The van der Waals surface area contributed by atoms with E-state index in [1.54, 1.807) is 0 Å². The summed E-state index contributed by atoms with van der Waals surface area (Å²) in [4.78, 5) is 0. The van der Waals surface area contributed by atoms with Crippen molar-refractivity contribution in [3.63, 3.8) is 0 Å². The predicted molar refractivity (Wildman–Crippen MR) is 206 cm³/mol. The largest absolute Gasteiger partial charge is 0.135 e. The molecular formula is C46H28S. The highest BCUT2D eigenvalue weighted by atomic mass is 32.1. The summed E-state index contributed by atoms with van der Waals surface area (Å²) in [6.45, 7) is 0. The molecule has 0 unspecified atom stereocenters. The van der Waals surface area contributed by atoms with Crippen LogP contribution >= 0.6 is 11.3 Å². The van der Waals surface area contributed by atoms with Crippen LogP contribution in [0.2, 0.25) is 0 Å². The number of benzene rings is 9. The van der Waals surface area contributed by atoms with Crippen LogP contribution < -0.4 is 0 Å². The van der Waals surface area contributed by atoms with Gasteiger partial charge in [-0.05, 0) is 94.7 Å². The molecule has 0 nitrogen and oxygen atoms in total. The molecule has 0 aliphatic rings. The molecule has 0 saturated carbocycles. The summed E-state index contributed by atoms with van der Waals surface area (Å²) in [6, 6.07) is 62.7. The Hall–Kier alpha value is -5.76. The predicted octanol–water partition coefficient (Wildman–Crippen LogP) is 13.7. The van der Waals surface area contributed by atoms with E-state index in [0.29, 0.717) is 0 Å². The van der Waals surface area contributed by atoms with E-state index in [4.69, 9.17) is 0 Å². The molecule has 0 N–H and O–H groups in total. The second-order valence-corrected chi connectivity index (χ2v) is 13.5. The summed E-state index contributed by atoms with van der Waals surface area (Å²) in [7, 11) is 0. The normalized spacial score (nSPS) is 11.8. The van der Waals surface area contributed by atoms with Gasteiger partial charge in [0.15, 0.2) is 0 Å². The fraction of sp³-hybridized carbons (Fsp3) is 0. The van der Waals surface area contributed by atoms with Crippen molar-refractivity contribution < 1.29 is 0 Å². The van der Waals surface area contributed by atoms with Gasteiger partial charge in [-0.3, -0.25) is 0 Å². The Morgan fingerprint density at radius 3 is 1.51 bits per heavy atom. The molecule has 0 spiro atoms. The molecule has 0 bridgehead atoms. The van der Waals surface area contributed by atoms with Crippen molar-refractivity contribution in [1.29, 1.82) is 0 Å². The lowest BCUT2D eigenvalue weighted by molar-refractivity contribution is 1.66. The van der Waals surface area contributed by atoms with Gasteiger partial charge in [-0.1, -0.05) is 152 Å². The van der Waals surface area contributed by atoms with Gasteiger partial charge in [0.05, 0.1) is 0 Å². The van der Waals surface area contributed by atoms with E-state index in [9.17, 15) is 0 Å². The van der Waals surface area contributed by atoms with Crippen molar-refractivity contribution >= 4 is 74.6 Å². The standard InChI is InChI=1S/C46H28S/c1-2-13-29(14-3-1)44-36-19-8-10-21-38(36)45(39-22-11-9-20-37(39)44)40-26-25-34(32-17-6-7-18-33(32)40)35-23-12-24-42-46(35)41-27-30-15-4-5-16-31(30)28-43(41)47-42/h1-28H. The van der Waals surface area contributed by atoms with E-state index in [2.05, 4.69) is 170 Å². The Morgan fingerprint density at radius 1 is 0.298 bits per heavy atom. The summed E-state index contributed by atoms with van der Waals surface area (Å²) in [5.74, 6) is 0. The molecule has 0 aliphatic heterocycles. The molecule has 47 heavy (non-hydrogen) atoms. The third-order valence-electron chi connectivity index (χ3n) is 9.84. The van der Waals surface area contributed by atoms with Crippen molar-refractivity contribution in [1.82, 2.24) is 0 Å². The number of hydrogen-bond donors (Lipinski definition) is 0. The molecular weight excluding hydrogens is 585 g/mol. The molecule has 1 heteroatoms. The average Bonchev–Trinajstić information content (AvgIpc) is 3.50. The smallest absolute Gasteiger partial charge is 0.0362 e. The Balaban J connectivity index is 1.28. The number of hydrogen-bond acceptors (Lipinski definition) is 1. The zero-order valence-corrected chi connectivity index (χ0v) is 26.4. The van der Waals surface area contributed by atoms with Crippen LogP contribution in [0.1, 0.15) is 0 Å². The number of rotatable bonds is 3. The van der Waals surface area contributed by atoms with E-state index in [1.807, 2.05) is 11.3 Å². The lowest BCUT2D eigenvalue weighted by atomic mass is 9.83. The lowest BCUT2D eigenvalue weighted by Crippen LogP contribution is -1.92. The molecule has 10 rings (SSSR count). The molecule has 0 radical (unpaired) electrons. The van der Waals surface area contributed by atoms with Gasteiger partial charge < -0.3 is 0 Å².